The van der Waals surface area contributed by atoms with Gasteiger partial charge in [0.05, 0.1) is 16.8 Å². The van der Waals surface area contributed by atoms with E-state index in [-0.39, 0.29) is 16.2 Å². The Morgan fingerprint density at radius 1 is 1.48 bits per heavy atom. The first-order valence-electron chi connectivity index (χ1n) is 6.57. The fourth-order valence-corrected chi connectivity index (χ4v) is 4.60. The molecule has 21 heavy (non-hydrogen) atoms. The number of hydrogen-bond acceptors (Lipinski definition) is 5. The molecule has 1 aliphatic heterocycles. The van der Waals surface area contributed by atoms with E-state index in [0.717, 1.165) is 23.6 Å². The molecule has 0 aromatic carbocycles. The monoisotopic (exact) mass is 350 g/mol. The number of hydrogen-bond donors (Lipinski definition) is 3. The molecule has 0 bridgehead atoms. The average Bonchev–Trinajstić information content (AvgIpc) is 2.37. The highest BCUT2D eigenvalue weighted by Crippen LogP contribution is 2.32. The second kappa shape index (κ2) is 8.09. The van der Waals surface area contributed by atoms with Crippen LogP contribution < -0.4 is 11.2 Å². The molecule has 1 fully saturated rings. The molecule has 1 rings (SSSR count). The number of nitrogens with two attached hydrogens (primary N) is 1. The van der Waals surface area contributed by atoms with E-state index in [1.165, 1.54) is 4.90 Å². The Balaban J connectivity index is 2.91. The van der Waals surface area contributed by atoms with Crippen molar-refractivity contribution in [3.8, 4) is 0 Å². The summed E-state index contributed by atoms with van der Waals surface area (Å²) < 4.78 is 0.129. The summed E-state index contributed by atoms with van der Waals surface area (Å²) >= 11 is 8.32. The van der Waals surface area contributed by atoms with Gasteiger partial charge in [0.2, 0.25) is 0 Å². The minimum absolute atomic E-state index is 0.0796. The summed E-state index contributed by atoms with van der Waals surface area (Å²) in [6.45, 7) is 5.82. The molecule has 0 radical (unpaired) electrons. The van der Waals surface area contributed by atoms with Gasteiger partial charge in [-0.05, 0) is 50.9 Å². The molecule has 1 aliphatic rings. The molecule has 9 heteroatoms. The van der Waals surface area contributed by atoms with Crippen LogP contribution in [0.25, 0.3) is 0 Å². The average molecular weight is 351 g/mol. The molecule has 0 aromatic rings. The lowest BCUT2D eigenvalue weighted by molar-refractivity contribution is 0.111. The van der Waals surface area contributed by atoms with Crippen LogP contribution >= 0.6 is 35.7 Å². The summed E-state index contributed by atoms with van der Waals surface area (Å²) in [6, 6.07) is 0. The van der Waals surface area contributed by atoms with Crippen LogP contribution in [0.3, 0.4) is 0 Å². The summed E-state index contributed by atoms with van der Waals surface area (Å²) in [7, 11) is 0. The maximum Gasteiger partial charge on any atom is 0.408 e. The lowest BCUT2D eigenvalue weighted by Crippen LogP contribution is -2.49. The number of amides is 1. The summed E-state index contributed by atoms with van der Waals surface area (Å²) in [6.07, 6.45) is 0.195. The largest absolute Gasteiger partial charge is 0.465 e. The van der Waals surface area contributed by atoms with Gasteiger partial charge in [0.15, 0.2) is 5.11 Å². The van der Waals surface area contributed by atoms with E-state index in [0.29, 0.717) is 0 Å². The number of nitrogens with one attached hydrogen (secondary N) is 1. The second-order valence-electron chi connectivity index (χ2n) is 5.55. The molecule has 0 spiro atoms. The quantitative estimate of drug-likeness (QED) is 0.406. The van der Waals surface area contributed by atoms with E-state index in [1.54, 1.807) is 23.5 Å². The van der Waals surface area contributed by atoms with Crippen LogP contribution in [-0.4, -0.2) is 55.1 Å². The lowest BCUT2D eigenvalue weighted by Gasteiger charge is -2.35. The topological polar surface area (TPSA) is 91.0 Å². The Hall–Kier alpha value is -0.670. The minimum Gasteiger partial charge on any atom is -0.465 e. The number of carboxylic acid groups (broad SMARTS) is 1. The van der Waals surface area contributed by atoms with E-state index in [2.05, 4.69) is 10.5 Å². The Bertz CT molecular complexity index is 417. The van der Waals surface area contributed by atoms with E-state index >= 15 is 0 Å². The van der Waals surface area contributed by atoms with E-state index in [1.807, 2.05) is 20.8 Å². The van der Waals surface area contributed by atoms with E-state index in [4.69, 9.17) is 18.0 Å². The number of thioether (sulfide) groups is 2. The first-order chi connectivity index (χ1) is 9.71. The van der Waals surface area contributed by atoms with Crippen molar-refractivity contribution in [1.82, 2.24) is 10.3 Å². The molecule has 0 saturated carbocycles. The van der Waals surface area contributed by atoms with Crippen LogP contribution in [0.1, 0.15) is 27.2 Å². The van der Waals surface area contributed by atoms with Gasteiger partial charge in [-0.1, -0.05) is 0 Å². The summed E-state index contributed by atoms with van der Waals surface area (Å²) in [5.74, 6) is 2.10. The smallest absolute Gasteiger partial charge is 0.408 e. The van der Waals surface area contributed by atoms with Crippen molar-refractivity contribution in [2.24, 2.45) is 10.8 Å². The third-order valence-corrected chi connectivity index (χ3v) is 5.88. The van der Waals surface area contributed by atoms with Crippen LogP contribution in [0.5, 0.6) is 0 Å². The molecule has 0 atom stereocenters. The number of thiocarbonyl (C=S) groups is 1. The van der Waals surface area contributed by atoms with E-state index in [9.17, 15) is 9.90 Å². The van der Waals surface area contributed by atoms with Crippen molar-refractivity contribution in [2.75, 3.05) is 18.1 Å². The fourth-order valence-electron chi connectivity index (χ4n) is 1.72. The van der Waals surface area contributed by atoms with Gasteiger partial charge in [0.1, 0.15) is 0 Å². The van der Waals surface area contributed by atoms with Crippen molar-refractivity contribution < 1.29 is 9.90 Å². The number of carbonyl (C=O) groups is 1. The molecule has 120 valence electrons. The van der Waals surface area contributed by atoms with Gasteiger partial charge in [-0.25, -0.2) is 4.79 Å². The zero-order valence-corrected chi connectivity index (χ0v) is 14.9. The van der Waals surface area contributed by atoms with Gasteiger partial charge < -0.3 is 10.8 Å². The summed E-state index contributed by atoms with van der Waals surface area (Å²) in [5, 5.41) is 13.7. The molecular weight excluding hydrogens is 328 g/mol. The lowest BCUT2D eigenvalue weighted by atomic mass is 10.1. The number of hydrazone groups is 1. The third-order valence-electron chi connectivity index (χ3n) is 2.77. The van der Waals surface area contributed by atoms with Crippen molar-refractivity contribution in [2.45, 2.75) is 37.3 Å². The van der Waals surface area contributed by atoms with Crippen molar-refractivity contribution in [3.05, 3.63) is 0 Å². The Morgan fingerprint density at radius 3 is 2.48 bits per heavy atom. The first-order valence-corrected chi connectivity index (χ1v) is 9.08. The number of nitrogens with zero attached hydrogens (tertiary/aromatic N) is 2. The van der Waals surface area contributed by atoms with Crippen LogP contribution in [0.2, 0.25) is 0 Å². The zero-order chi connectivity index (χ0) is 16.0. The summed E-state index contributed by atoms with van der Waals surface area (Å²) in [4.78, 5) is 12.9. The highest BCUT2D eigenvalue weighted by atomic mass is 32.2. The fraction of sp³-hybridized carbons (Fsp3) is 0.750. The molecule has 4 N–H and O–H groups in total. The SMILES string of the molecule is CC(C)(C)N(C/C(=N/NC(N)=S)C1SCCCS1)C(=O)O. The second-order valence-corrected chi connectivity index (χ2v) is 8.71. The predicted octanol–water partition coefficient (Wildman–Crippen LogP) is 2.15. The zero-order valence-electron chi connectivity index (χ0n) is 12.5. The van der Waals surface area contributed by atoms with Gasteiger partial charge in [-0.2, -0.15) is 5.10 Å². The van der Waals surface area contributed by atoms with Gasteiger partial charge in [-0.3, -0.25) is 10.3 Å². The normalized spacial score (nSPS) is 17.4. The molecular formula is C12H22N4O2S3. The van der Waals surface area contributed by atoms with E-state index < -0.39 is 11.6 Å². The molecule has 6 nitrogen and oxygen atoms in total. The van der Waals surface area contributed by atoms with Crippen LogP contribution in [0.4, 0.5) is 4.79 Å². The predicted molar refractivity (Wildman–Crippen MR) is 95.2 cm³/mol. The van der Waals surface area contributed by atoms with Crippen LogP contribution in [0.15, 0.2) is 5.10 Å². The van der Waals surface area contributed by atoms with Crippen molar-refractivity contribution in [3.63, 3.8) is 0 Å². The van der Waals surface area contributed by atoms with Crippen molar-refractivity contribution >= 4 is 52.7 Å². The van der Waals surface area contributed by atoms with Crippen LogP contribution in [-0.2, 0) is 0 Å². The molecule has 1 saturated heterocycles. The Morgan fingerprint density at radius 2 is 2.05 bits per heavy atom. The Kier molecular flexibility index (Phi) is 7.08. The summed E-state index contributed by atoms with van der Waals surface area (Å²) in [5.41, 5.74) is 8.25. The Labute approximate surface area is 139 Å². The van der Waals surface area contributed by atoms with Crippen LogP contribution in [0, 0.1) is 0 Å². The van der Waals surface area contributed by atoms with Gasteiger partial charge >= 0.3 is 6.09 Å². The first kappa shape index (κ1) is 18.4. The molecule has 0 aliphatic carbocycles. The van der Waals surface area contributed by atoms with Gasteiger partial charge in [0, 0.05) is 5.54 Å². The molecule has 0 aromatic heterocycles. The highest BCUT2D eigenvalue weighted by molar-refractivity contribution is 8.18. The van der Waals surface area contributed by atoms with Gasteiger partial charge in [-0.15, -0.1) is 23.5 Å². The van der Waals surface area contributed by atoms with Crippen molar-refractivity contribution in [1.29, 1.82) is 0 Å². The maximum absolute atomic E-state index is 11.5. The standard InChI is InChI=1S/C12H22N4O2S3/c1-12(2,3)16(11(17)18)7-8(14-15-10(13)19)9-20-5-4-6-21-9/h9H,4-7H2,1-3H3,(H,17,18)(H3,13,15,19)/b14-8-. The third kappa shape index (κ3) is 6.31. The molecule has 1 heterocycles. The minimum atomic E-state index is -0.962. The number of rotatable bonds is 4. The highest BCUT2D eigenvalue weighted by Gasteiger charge is 2.31. The molecule has 1 amide bonds. The molecule has 0 unspecified atom stereocenters. The maximum atomic E-state index is 11.5. The van der Waals surface area contributed by atoms with Gasteiger partial charge in [0.25, 0.3) is 0 Å².